The van der Waals surface area contributed by atoms with Gasteiger partial charge in [-0.15, -0.1) is 0 Å². The van der Waals surface area contributed by atoms with Crippen LogP contribution in [0.3, 0.4) is 0 Å². The lowest BCUT2D eigenvalue weighted by molar-refractivity contribution is -0.118. The first-order chi connectivity index (χ1) is 17.7. The summed E-state index contributed by atoms with van der Waals surface area (Å²) < 4.78 is 11.7. The van der Waals surface area contributed by atoms with E-state index in [1.807, 2.05) is 98.4 Å². The number of nitriles is 1. The number of halogens is 1. The van der Waals surface area contributed by atoms with Crippen LogP contribution in [0.5, 0.6) is 11.5 Å². The largest absolute Gasteiger partial charge is 0.493 e. The summed E-state index contributed by atoms with van der Waals surface area (Å²) in [6.07, 6.45) is 1.96. The minimum absolute atomic E-state index is 0.0379. The average molecular weight is 516 g/mol. The number of anilines is 1. The lowest BCUT2D eigenvalue weighted by atomic mass is 9.86. The molecule has 0 bridgehead atoms. The van der Waals surface area contributed by atoms with Crippen molar-refractivity contribution in [2.24, 2.45) is 0 Å². The van der Waals surface area contributed by atoms with E-state index in [-0.39, 0.29) is 18.4 Å². The molecule has 1 heterocycles. The summed E-state index contributed by atoms with van der Waals surface area (Å²) in [5.41, 5.74) is 4.85. The van der Waals surface area contributed by atoms with E-state index < -0.39 is 6.04 Å². The highest BCUT2D eigenvalue weighted by Gasteiger charge is 2.36. The molecule has 0 saturated carbocycles. The summed E-state index contributed by atoms with van der Waals surface area (Å²) in [5, 5.41) is 10.2. The minimum Gasteiger partial charge on any atom is -0.493 e. The molecule has 3 aromatic carbocycles. The first-order valence-corrected chi connectivity index (χ1v) is 12.4. The van der Waals surface area contributed by atoms with Crippen LogP contribution in [0.2, 0.25) is 5.02 Å². The second-order valence-electron chi connectivity index (χ2n) is 9.43. The van der Waals surface area contributed by atoms with E-state index in [2.05, 4.69) is 6.07 Å². The van der Waals surface area contributed by atoms with Gasteiger partial charge in [-0.25, -0.2) is 0 Å². The molecule has 0 radical (unpaired) electrons. The maximum Gasteiger partial charge on any atom is 0.232 e. The fraction of sp³-hybridized carbons (Fsp3) is 0.267. The van der Waals surface area contributed by atoms with Crippen molar-refractivity contribution in [1.82, 2.24) is 4.90 Å². The molecule has 4 rings (SSSR count). The zero-order chi connectivity index (χ0) is 26.7. The van der Waals surface area contributed by atoms with E-state index in [4.69, 9.17) is 21.1 Å². The van der Waals surface area contributed by atoms with Crippen molar-refractivity contribution in [2.75, 3.05) is 26.1 Å². The van der Waals surface area contributed by atoms with Crippen molar-refractivity contribution in [3.8, 4) is 17.6 Å². The zero-order valence-corrected chi connectivity index (χ0v) is 22.4. The van der Waals surface area contributed by atoms with Gasteiger partial charge < -0.3 is 19.3 Å². The summed E-state index contributed by atoms with van der Waals surface area (Å²) in [4.78, 5) is 17.3. The predicted molar refractivity (Wildman–Crippen MR) is 147 cm³/mol. The van der Waals surface area contributed by atoms with Crippen molar-refractivity contribution in [2.45, 2.75) is 32.4 Å². The van der Waals surface area contributed by atoms with Crippen LogP contribution in [0.1, 0.15) is 42.1 Å². The standard InChI is InChI=1S/C30H30ClN3O3/c1-19(2)37-28-16-26-22(14-27(28)36-5)15-29(35)34(30(26)21-6-10-24(31)11-7-21)25-12-8-20(9-13-25)23(17-32)18-33(3)4/h6-14,16,18-19,30H,15H2,1-5H3. The van der Waals surface area contributed by atoms with Crippen molar-refractivity contribution >= 4 is 28.8 Å². The first-order valence-electron chi connectivity index (χ1n) is 12.1. The third-order valence-electron chi connectivity index (χ3n) is 6.10. The van der Waals surface area contributed by atoms with Gasteiger partial charge in [0.1, 0.15) is 6.07 Å². The Morgan fingerprint density at radius 3 is 2.35 bits per heavy atom. The summed E-state index contributed by atoms with van der Waals surface area (Å²) in [5.74, 6) is 1.20. The SMILES string of the molecule is COc1cc2c(cc1OC(C)C)C(c1ccc(Cl)cc1)N(c1ccc(C(C#N)=CN(C)C)cc1)C(=O)C2. The maximum atomic E-state index is 13.6. The smallest absolute Gasteiger partial charge is 0.232 e. The predicted octanol–water partition coefficient (Wildman–Crippen LogP) is 6.24. The van der Waals surface area contributed by atoms with Crippen molar-refractivity contribution < 1.29 is 14.3 Å². The van der Waals surface area contributed by atoms with Crippen molar-refractivity contribution in [3.05, 3.63) is 94.1 Å². The second-order valence-corrected chi connectivity index (χ2v) is 9.86. The van der Waals surface area contributed by atoms with Crippen molar-refractivity contribution in [3.63, 3.8) is 0 Å². The Kier molecular flexibility index (Phi) is 7.75. The number of allylic oxidation sites excluding steroid dienone is 1. The number of hydrogen-bond donors (Lipinski definition) is 0. The van der Waals surface area contributed by atoms with Gasteiger partial charge in [-0.1, -0.05) is 35.9 Å². The number of amides is 1. The van der Waals surface area contributed by atoms with Crippen LogP contribution in [-0.4, -0.2) is 38.1 Å². The molecular weight excluding hydrogens is 486 g/mol. The fourth-order valence-corrected chi connectivity index (χ4v) is 4.68. The number of methoxy groups -OCH3 is 1. The number of hydrogen-bond acceptors (Lipinski definition) is 5. The Bertz CT molecular complexity index is 1360. The summed E-state index contributed by atoms with van der Waals surface area (Å²) in [6.45, 7) is 3.93. The lowest BCUT2D eigenvalue weighted by Crippen LogP contribution is -2.41. The molecule has 1 amide bonds. The molecule has 0 fully saturated rings. The highest BCUT2D eigenvalue weighted by Crippen LogP contribution is 2.44. The molecule has 3 aromatic rings. The molecule has 0 saturated heterocycles. The Balaban J connectivity index is 1.86. The van der Waals surface area contributed by atoms with Gasteiger partial charge in [0.2, 0.25) is 5.91 Å². The zero-order valence-electron chi connectivity index (χ0n) is 21.7. The van der Waals surface area contributed by atoms with Crippen LogP contribution in [0, 0.1) is 11.3 Å². The maximum absolute atomic E-state index is 13.6. The van der Waals surface area contributed by atoms with E-state index in [9.17, 15) is 10.1 Å². The summed E-state index contributed by atoms with van der Waals surface area (Å²) in [7, 11) is 5.35. The Labute approximate surface area is 223 Å². The van der Waals surface area contributed by atoms with Gasteiger partial charge in [0.25, 0.3) is 0 Å². The Hall–Kier alpha value is -3.95. The van der Waals surface area contributed by atoms with Gasteiger partial charge in [-0.2, -0.15) is 5.26 Å². The molecule has 1 atom stereocenters. The third kappa shape index (κ3) is 5.58. The van der Waals surface area contributed by atoms with Crippen LogP contribution in [-0.2, 0) is 11.2 Å². The van der Waals surface area contributed by atoms with E-state index in [0.29, 0.717) is 22.1 Å². The van der Waals surface area contributed by atoms with Crippen molar-refractivity contribution in [1.29, 1.82) is 5.26 Å². The highest BCUT2D eigenvalue weighted by molar-refractivity contribution is 6.30. The molecule has 1 unspecified atom stereocenters. The minimum atomic E-state index is -0.396. The van der Waals surface area contributed by atoms with Gasteiger partial charge in [-0.3, -0.25) is 4.79 Å². The molecule has 1 aliphatic rings. The van der Waals surface area contributed by atoms with Crippen LogP contribution in [0.25, 0.3) is 5.57 Å². The molecule has 1 aliphatic heterocycles. The third-order valence-corrected chi connectivity index (χ3v) is 6.35. The normalized spacial score (nSPS) is 15.3. The quantitative estimate of drug-likeness (QED) is 0.348. The van der Waals surface area contributed by atoms with Gasteiger partial charge in [0.15, 0.2) is 11.5 Å². The Morgan fingerprint density at radius 2 is 1.78 bits per heavy atom. The average Bonchev–Trinajstić information content (AvgIpc) is 2.87. The van der Waals surface area contributed by atoms with E-state index >= 15 is 0 Å². The number of carbonyl (C=O) groups excluding carboxylic acids is 1. The molecule has 0 aromatic heterocycles. The molecule has 0 aliphatic carbocycles. The molecule has 37 heavy (non-hydrogen) atoms. The highest BCUT2D eigenvalue weighted by atomic mass is 35.5. The number of benzene rings is 3. The van der Waals surface area contributed by atoms with E-state index in [1.54, 1.807) is 13.3 Å². The molecule has 190 valence electrons. The van der Waals surface area contributed by atoms with Crippen LogP contribution >= 0.6 is 11.6 Å². The molecule has 6 nitrogen and oxygen atoms in total. The van der Waals surface area contributed by atoms with Gasteiger partial charge >= 0.3 is 0 Å². The molecular formula is C30H30ClN3O3. The number of carbonyl (C=O) groups is 1. The van der Waals surface area contributed by atoms with Crippen LogP contribution in [0.15, 0.2) is 66.9 Å². The molecule has 7 heteroatoms. The van der Waals surface area contributed by atoms with E-state index in [1.165, 1.54) is 0 Å². The second kappa shape index (κ2) is 11.0. The summed E-state index contributed by atoms with van der Waals surface area (Å²) in [6, 6.07) is 20.8. The molecule has 0 spiro atoms. The monoisotopic (exact) mass is 515 g/mol. The molecule has 0 N–H and O–H groups in total. The Morgan fingerprint density at radius 1 is 1.11 bits per heavy atom. The number of rotatable bonds is 7. The number of ether oxygens (including phenoxy) is 2. The number of nitrogens with zero attached hydrogens (tertiary/aromatic N) is 3. The van der Waals surface area contributed by atoms with Gasteiger partial charge in [-0.05, 0) is 72.5 Å². The van der Waals surface area contributed by atoms with Crippen LogP contribution < -0.4 is 14.4 Å². The summed E-state index contributed by atoms with van der Waals surface area (Å²) >= 11 is 6.20. The fourth-order valence-electron chi connectivity index (χ4n) is 4.56. The van der Waals surface area contributed by atoms with E-state index in [0.717, 1.165) is 27.9 Å². The first kappa shape index (κ1) is 26.1. The van der Waals surface area contributed by atoms with Crippen LogP contribution in [0.4, 0.5) is 5.69 Å². The lowest BCUT2D eigenvalue weighted by Gasteiger charge is -2.38. The van der Waals surface area contributed by atoms with Gasteiger partial charge in [0, 0.05) is 31.0 Å². The number of fused-ring (bicyclic) bond motifs is 1. The topological polar surface area (TPSA) is 65.8 Å². The van der Waals surface area contributed by atoms with Gasteiger partial charge in [0.05, 0.1) is 31.2 Å².